The van der Waals surface area contributed by atoms with E-state index in [1.807, 2.05) is 0 Å². The Bertz CT molecular complexity index is 619. The molecule has 19 heavy (non-hydrogen) atoms. The highest BCUT2D eigenvalue weighted by Crippen LogP contribution is 2.27. The number of benzene rings is 1. The molecule has 0 aliphatic carbocycles. The molecular formula is C13H10BrClN2O2. The lowest BCUT2D eigenvalue weighted by molar-refractivity contribution is 0.102. The van der Waals surface area contributed by atoms with E-state index in [0.29, 0.717) is 22.0 Å². The van der Waals surface area contributed by atoms with E-state index in [0.717, 1.165) is 4.47 Å². The van der Waals surface area contributed by atoms with Gasteiger partial charge >= 0.3 is 0 Å². The number of pyridine rings is 1. The average molecular weight is 342 g/mol. The first-order valence-corrected chi connectivity index (χ1v) is 6.52. The van der Waals surface area contributed by atoms with Crippen molar-refractivity contribution in [2.24, 2.45) is 0 Å². The van der Waals surface area contributed by atoms with Gasteiger partial charge in [0.1, 0.15) is 5.75 Å². The Labute approximate surface area is 123 Å². The van der Waals surface area contributed by atoms with E-state index in [1.165, 1.54) is 13.3 Å². The fourth-order valence-corrected chi connectivity index (χ4v) is 2.11. The standard InChI is InChI=1S/C13H10BrClN2O2/c1-19-12-3-2-10(5-11(12)15)17-13(18)8-4-9(14)7-16-6-8/h2-7H,1H3,(H,17,18). The number of halogens is 2. The molecule has 0 bridgehead atoms. The lowest BCUT2D eigenvalue weighted by atomic mass is 10.2. The highest BCUT2D eigenvalue weighted by Gasteiger charge is 2.08. The van der Waals surface area contributed by atoms with E-state index >= 15 is 0 Å². The number of nitrogens with zero attached hydrogens (tertiary/aromatic N) is 1. The summed E-state index contributed by atoms with van der Waals surface area (Å²) in [5, 5.41) is 3.18. The fourth-order valence-electron chi connectivity index (χ4n) is 1.48. The topological polar surface area (TPSA) is 51.2 Å². The smallest absolute Gasteiger partial charge is 0.257 e. The van der Waals surface area contributed by atoms with Crippen LogP contribution in [0.1, 0.15) is 10.4 Å². The molecule has 0 saturated heterocycles. The Morgan fingerprint density at radius 2 is 2.16 bits per heavy atom. The zero-order valence-corrected chi connectivity index (χ0v) is 12.3. The van der Waals surface area contributed by atoms with Crippen LogP contribution >= 0.6 is 27.5 Å². The molecule has 4 nitrogen and oxygen atoms in total. The Hall–Kier alpha value is -1.59. The second-order valence-electron chi connectivity index (χ2n) is 3.70. The number of carbonyl (C=O) groups excluding carboxylic acids is 1. The molecule has 0 spiro atoms. The summed E-state index contributed by atoms with van der Waals surface area (Å²) in [5.74, 6) is 0.304. The van der Waals surface area contributed by atoms with E-state index in [9.17, 15) is 4.79 Å². The molecule has 1 amide bonds. The van der Waals surface area contributed by atoms with Crippen molar-refractivity contribution in [3.05, 3.63) is 51.7 Å². The normalized spacial score (nSPS) is 10.1. The van der Waals surface area contributed by atoms with Gasteiger partial charge in [0.15, 0.2) is 0 Å². The van der Waals surface area contributed by atoms with Crippen LogP contribution in [0.15, 0.2) is 41.1 Å². The molecule has 0 unspecified atom stereocenters. The fraction of sp³-hybridized carbons (Fsp3) is 0.0769. The van der Waals surface area contributed by atoms with Gasteiger partial charge in [-0.1, -0.05) is 11.6 Å². The molecule has 0 radical (unpaired) electrons. The second-order valence-corrected chi connectivity index (χ2v) is 5.02. The summed E-state index contributed by atoms with van der Waals surface area (Å²) in [5.41, 5.74) is 1.05. The van der Waals surface area contributed by atoms with E-state index < -0.39 is 0 Å². The number of hydrogen-bond acceptors (Lipinski definition) is 3. The summed E-state index contributed by atoms with van der Waals surface area (Å²) in [6, 6.07) is 6.72. The minimum atomic E-state index is -0.255. The molecule has 98 valence electrons. The number of amides is 1. The summed E-state index contributed by atoms with van der Waals surface area (Å²) in [6.45, 7) is 0. The molecule has 1 aromatic heterocycles. The third-order valence-corrected chi connectivity index (χ3v) is 3.11. The van der Waals surface area contributed by atoms with Crippen LogP contribution in [0.4, 0.5) is 5.69 Å². The maximum atomic E-state index is 12.0. The van der Waals surface area contributed by atoms with E-state index in [-0.39, 0.29) is 5.91 Å². The van der Waals surface area contributed by atoms with Crippen LogP contribution in [0.5, 0.6) is 5.75 Å². The Balaban J connectivity index is 2.17. The van der Waals surface area contributed by atoms with Gasteiger partial charge in [-0.2, -0.15) is 0 Å². The minimum Gasteiger partial charge on any atom is -0.495 e. The van der Waals surface area contributed by atoms with Crippen LogP contribution in [0.2, 0.25) is 5.02 Å². The van der Waals surface area contributed by atoms with Gasteiger partial charge in [-0.25, -0.2) is 0 Å². The van der Waals surface area contributed by atoms with Crippen LogP contribution in [0.25, 0.3) is 0 Å². The number of anilines is 1. The maximum Gasteiger partial charge on any atom is 0.257 e. The number of hydrogen-bond donors (Lipinski definition) is 1. The van der Waals surface area contributed by atoms with Crippen LogP contribution in [-0.4, -0.2) is 18.0 Å². The number of methoxy groups -OCH3 is 1. The van der Waals surface area contributed by atoms with Crippen LogP contribution in [0.3, 0.4) is 0 Å². The van der Waals surface area contributed by atoms with Crippen molar-refractivity contribution < 1.29 is 9.53 Å². The Morgan fingerprint density at radius 3 is 2.79 bits per heavy atom. The van der Waals surface area contributed by atoms with E-state index in [2.05, 4.69) is 26.2 Å². The number of carbonyl (C=O) groups is 1. The van der Waals surface area contributed by atoms with Gasteiger partial charge < -0.3 is 10.1 Å². The molecule has 1 aromatic carbocycles. The minimum absolute atomic E-state index is 0.255. The lowest BCUT2D eigenvalue weighted by Gasteiger charge is -2.08. The zero-order valence-electron chi connectivity index (χ0n) is 9.98. The van der Waals surface area contributed by atoms with Crippen molar-refractivity contribution in [1.82, 2.24) is 4.98 Å². The summed E-state index contributed by atoms with van der Waals surface area (Å²) in [6.07, 6.45) is 3.10. The molecule has 0 atom stereocenters. The van der Waals surface area contributed by atoms with Crippen molar-refractivity contribution in [2.45, 2.75) is 0 Å². The summed E-state index contributed by atoms with van der Waals surface area (Å²) in [4.78, 5) is 15.9. The molecule has 0 saturated carbocycles. The van der Waals surface area contributed by atoms with Crippen LogP contribution in [0, 0.1) is 0 Å². The molecule has 1 N–H and O–H groups in total. The lowest BCUT2D eigenvalue weighted by Crippen LogP contribution is -2.12. The van der Waals surface area contributed by atoms with Crippen LogP contribution < -0.4 is 10.1 Å². The predicted octanol–water partition coefficient (Wildman–Crippen LogP) is 3.76. The van der Waals surface area contributed by atoms with Gasteiger partial charge in [0.25, 0.3) is 5.91 Å². The Morgan fingerprint density at radius 1 is 1.37 bits per heavy atom. The van der Waals surface area contributed by atoms with Crippen LogP contribution in [-0.2, 0) is 0 Å². The third-order valence-electron chi connectivity index (χ3n) is 2.38. The predicted molar refractivity (Wildman–Crippen MR) is 77.9 cm³/mol. The van der Waals surface area contributed by atoms with Crippen molar-refractivity contribution in [3.8, 4) is 5.75 Å². The molecular weight excluding hydrogens is 332 g/mol. The highest BCUT2D eigenvalue weighted by molar-refractivity contribution is 9.10. The van der Waals surface area contributed by atoms with E-state index in [1.54, 1.807) is 30.5 Å². The molecule has 0 aliphatic rings. The summed E-state index contributed by atoms with van der Waals surface area (Å²) in [7, 11) is 1.53. The average Bonchev–Trinajstić information content (AvgIpc) is 2.39. The number of nitrogens with one attached hydrogen (secondary N) is 1. The number of ether oxygens (including phenoxy) is 1. The largest absolute Gasteiger partial charge is 0.495 e. The Kier molecular flexibility index (Phi) is 4.39. The monoisotopic (exact) mass is 340 g/mol. The quantitative estimate of drug-likeness (QED) is 0.925. The third kappa shape index (κ3) is 3.45. The van der Waals surface area contributed by atoms with Gasteiger partial charge in [-0.3, -0.25) is 9.78 Å². The summed E-state index contributed by atoms with van der Waals surface area (Å²) < 4.78 is 5.79. The first-order chi connectivity index (χ1) is 9.10. The van der Waals surface area contributed by atoms with Gasteiger partial charge in [0, 0.05) is 22.6 Å². The number of aromatic nitrogens is 1. The molecule has 1 heterocycles. The van der Waals surface area contributed by atoms with Crippen molar-refractivity contribution in [2.75, 3.05) is 12.4 Å². The van der Waals surface area contributed by atoms with Crippen molar-refractivity contribution in [1.29, 1.82) is 0 Å². The van der Waals surface area contributed by atoms with Gasteiger partial charge in [-0.05, 0) is 40.2 Å². The number of rotatable bonds is 3. The van der Waals surface area contributed by atoms with E-state index in [4.69, 9.17) is 16.3 Å². The van der Waals surface area contributed by atoms with Gasteiger partial charge in [-0.15, -0.1) is 0 Å². The van der Waals surface area contributed by atoms with Crippen molar-refractivity contribution >= 4 is 39.1 Å². The van der Waals surface area contributed by atoms with Gasteiger partial charge in [0.05, 0.1) is 17.7 Å². The maximum absolute atomic E-state index is 12.0. The molecule has 2 rings (SSSR count). The molecule has 0 aliphatic heterocycles. The second kappa shape index (κ2) is 6.04. The van der Waals surface area contributed by atoms with Crippen molar-refractivity contribution in [3.63, 3.8) is 0 Å². The van der Waals surface area contributed by atoms with Gasteiger partial charge in [0.2, 0.25) is 0 Å². The zero-order chi connectivity index (χ0) is 13.8. The first kappa shape index (κ1) is 13.8. The highest BCUT2D eigenvalue weighted by atomic mass is 79.9. The SMILES string of the molecule is COc1ccc(NC(=O)c2cncc(Br)c2)cc1Cl. The summed E-state index contributed by atoms with van der Waals surface area (Å²) >= 11 is 9.25. The molecule has 0 fully saturated rings. The first-order valence-electron chi connectivity index (χ1n) is 5.35. The molecule has 2 aromatic rings. The molecule has 6 heteroatoms.